The molecule has 0 spiro atoms. The summed E-state index contributed by atoms with van der Waals surface area (Å²) in [5, 5.41) is 0. The molecule has 10 heteroatoms. The summed E-state index contributed by atoms with van der Waals surface area (Å²) in [7, 11) is -0.708. The van der Waals surface area contributed by atoms with Crippen LogP contribution in [0.25, 0.3) is 0 Å². The summed E-state index contributed by atoms with van der Waals surface area (Å²) in [6.07, 6.45) is 0. The van der Waals surface area contributed by atoms with E-state index in [-0.39, 0.29) is 11.5 Å². The summed E-state index contributed by atoms with van der Waals surface area (Å²) in [6.45, 7) is 1.98. The first-order valence-electron chi connectivity index (χ1n) is 9.01. The van der Waals surface area contributed by atoms with Crippen LogP contribution in [0, 0.1) is 0 Å². The van der Waals surface area contributed by atoms with Gasteiger partial charge in [0, 0.05) is 5.46 Å². The van der Waals surface area contributed by atoms with E-state index in [1.807, 2.05) is 27.7 Å². The quantitative estimate of drug-likeness (QED) is 0.400. The molecule has 0 aliphatic carbocycles. The van der Waals surface area contributed by atoms with Crippen molar-refractivity contribution in [2.24, 2.45) is 0 Å². The largest absolute Gasteiger partial charge is 0.498 e. The molecule has 1 aliphatic rings. The lowest BCUT2D eigenvalue weighted by Gasteiger charge is -2.32. The molecule has 2 aromatic rings. The predicted octanol–water partition coefficient (Wildman–Crippen LogP) is 5.64. The molecule has 0 saturated carbocycles. The Morgan fingerprint density at radius 3 is 1.70 bits per heavy atom. The van der Waals surface area contributed by atoms with E-state index in [1.165, 1.54) is 12.1 Å². The van der Waals surface area contributed by atoms with Crippen LogP contribution in [0.2, 0.25) is 0 Å². The van der Waals surface area contributed by atoms with E-state index in [9.17, 15) is 17.6 Å². The van der Waals surface area contributed by atoms with Gasteiger partial charge in [0.1, 0.15) is 11.5 Å². The average Bonchev–Trinajstić information content (AvgIpc) is 2.84. The number of halogens is 5. The molecule has 1 saturated heterocycles. The number of alkyl halides is 4. The topological polar surface area (TPSA) is 36.9 Å². The van der Waals surface area contributed by atoms with E-state index in [1.54, 1.807) is 36.4 Å². The van der Waals surface area contributed by atoms with Crippen molar-refractivity contribution < 1.29 is 36.3 Å². The zero-order valence-corrected chi connectivity index (χ0v) is 18.5. The van der Waals surface area contributed by atoms with E-state index < -0.39 is 31.5 Å². The van der Waals surface area contributed by atoms with E-state index in [0.29, 0.717) is 9.94 Å². The highest BCUT2D eigenvalue weighted by Gasteiger charge is 2.52. The smallest absolute Gasteiger partial charge is 0.435 e. The molecule has 0 bridgehead atoms. The highest BCUT2D eigenvalue weighted by Crippen LogP contribution is 2.37. The summed E-state index contributed by atoms with van der Waals surface area (Å²) < 4.78 is 68.9. The van der Waals surface area contributed by atoms with Crippen molar-refractivity contribution in [3.05, 3.63) is 53.0 Å². The Morgan fingerprint density at radius 1 is 0.767 bits per heavy atom. The Morgan fingerprint density at radius 2 is 1.20 bits per heavy atom. The maximum absolute atomic E-state index is 12.4. The normalized spacial score (nSPS) is 17.0. The number of hydrogen-bond donors (Lipinski definition) is 0. The standard InChI is InChI=1S/C13H17BF2O3.C7H5BrF2O/c1-12(2)13(3,4)19-14(18-12)9-7-5-6-8-10(9)17-11(15)16;8-5-3-1-2-4-6(5)11-7(9)10/h5-8,11H,1-4H3;1-4,7H. The lowest BCUT2D eigenvalue weighted by molar-refractivity contribution is -0.0506. The molecule has 4 nitrogen and oxygen atoms in total. The Bertz CT molecular complexity index is 820. The molecule has 1 fully saturated rings. The summed E-state index contributed by atoms with van der Waals surface area (Å²) in [5.74, 6) is 0.235. The van der Waals surface area contributed by atoms with Crippen molar-refractivity contribution in [2.75, 3.05) is 0 Å². The molecule has 0 atom stereocenters. The van der Waals surface area contributed by atoms with Gasteiger partial charge in [-0.25, -0.2) is 0 Å². The van der Waals surface area contributed by atoms with Crippen molar-refractivity contribution in [3.63, 3.8) is 0 Å². The minimum absolute atomic E-state index is 0.0796. The van der Waals surface area contributed by atoms with Crippen LogP contribution < -0.4 is 14.9 Å². The van der Waals surface area contributed by atoms with Crippen LogP contribution in [0.3, 0.4) is 0 Å². The molecular weight excluding hydrogens is 471 g/mol. The summed E-state index contributed by atoms with van der Waals surface area (Å²) in [5.41, 5.74) is -0.563. The molecule has 0 aromatic heterocycles. The van der Waals surface area contributed by atoms with Gasteiger partial charge < -0.3 is 18.8 Å². The lowest BCUT2D eigenvalue weighted by Crippen LogP contribution is -2.41. The number of rotatable bonds is 5. The van der Waals surface area contributed by atoms with Crippen molar-refractivity contribution in [1.82, 2.24) is 0 Å². The van der Waals surface area contributed by atoms with Gasteiger partial charge >= 0.3 is 20.3 Å². The van der Waals surface area contributed by atoms with E-state index in [0.717, 1.165) is 0 Å². The SMILES string of the molecule is CC1(C)OB(c2ccccc2OC(F)F)OC1(C)C.FC(F)Oc1ccccc1Br. The fourth-order valence-electron chi connectivity index (χ4n) is 2.48. The van der Waals surface area contributed by atoms with Crippen molar-refractivity contribution in [1.29, 1.82) is 0 Å². The highest BCUT2D eigenvalue weighted by atomic mass is 79.9. The molecule has 3 rings (SSSR count). The van der Waals surface area contributed by atoms with E-state index in [4.69, 9.17) is 9.31 Å². The third kappa shape index (κ3) is 6.36. The Balaban J connectivity index is 0.000000248. The Labute approximate surface area is 181 Å². The second-order valence-electron chi connectivity index (χ2n) is 7.31. The second-order valence-corrected chi connectivity index (χ2v) is 8.17. The van der Waals surface area contributed by atoms with Gasteiger partial charge in [-0.05, 0) is 61.8 Å². The maximum atomic E-state index is 12.4. The molecule has 0 amide bonds. The van der Waals surface area contributed by atoms with Crippen molar-refractivity contribution in [2.45, 2.75) is 52.1 Å². The molecule has 1 heterocycles. The van der Waals surface area contributed by atoms with E-state index in [2.05, 4.69) is 25.4 Å². The predicted molar refractivity (Wildman–Crippen MR) is 110 cm³/mol. The fourth-order valence-corrected chi connectivity index (χ4v) is 2.86. The third-order valence-corrected chi connectivity index (χ3v) is 5.35. The first-order chi connectivity index (χ1) is 13.9. The maximum Gasteiger partial charge on any atom is 0.498 e. The van der Waals surface area contributed by atoms with Crippen LogP contribution >= 0.6 is 15.9 Å². The third-order valence-electron chi connectivity index (χ3n) is 4.69. The lowest BCUT2D eigenvalue weighted by atomic mass is 9.78. The molecule has 0 radical (unpaired) electrons. The molecule has 164 valence electrons. The second kappa shape index (κ2) is 10.0. The number of benzene rings is 2. The zero-order chi connectivity index (χ0) is 22.5. The van der Waals surface area contributed by atoms with Crippen molar-refractivity contribution in [3.8, 4) is 11.5 Å². The van der Waals surface area contributed by atoms with E-state index >= 15 is 0 Å². The molecule has 2 aromatic carbocycles. The molecule has 1 aliphatic heterocycles. The van der Waals surface area contributed by atoms with Gasteiger partial charge in [-0.15, -0.1) is 0 Å². The Kier molecular flexibility index (Phi) is 8.18. The molecule has 30 heavy (non-hydrogen) atoms. The van der Waals surface area contributed by atoms with Crippen molar-refractivity contribution >= 4 is 28.5 Å². The molecular formula is C20H22BBrF4O4. The number of para-hydroxylation sites is 2. The van der Waals surface area contributed by atoms with Gasteiger partial charge in [0.05, 0.1) is 15.7 Å². The fraction of sp³-hybridized carbons (Fsp3) is 0.400. The minimum atomic E-state index is -2.87. The van der Waals surface area contributed by atoms with Gasteiger partial charge in [-0.2, -0.15) is 17.6 Å². The highest BCUT2D eigenvalue weighted by molar-refractivity contribution is 9.10. The van der Waals surface area contributed by atoms with Crippen LogP contribution in [-0.4, -0.2) is 31.5 Å². The summed E-state index contributed by atoms with van der Waals surface area (Å²) >= 11 is 3.07. The van der Waals surface area contributed by atoms with Gasteiger partial charge in [0.15, 0.2) is 0 Å². The average molecular weight is 493 g/mol. The zero-order valence-electron chi connectivity index (χ0n) is 16.9. The van der Waals surface area contributed by atoms with Crippen LogP contribution in [0.15, 0.2) is 53.0 Å². The first kappa shape index (κ1) is 24.5. The number of hydrogen-bond acceptors (Lipinski definition) is 4. The van der Waals surface area contributed by atoms with Crippen LogP contribution in [0.4, 0.5) is 17.6 Å². The van der Waals surface area contributed by atoms with Gasteiger partial charge in [0.2, 0.25) is 0 Å². The first-order valence-corrected chi connectivity index (χ1v) is 9.81. The Hall–Kier alpha value is -1.78. The summed E-state index contributed by atoms with van der Waals surface area (Å²) in [6, 6.07) is 13.0. The van der Waals surface area contributed by atoms with Crippen LogP contribution in [0.1, 0.15) is 27.7 Å². The van der Waals surface area contributed by atoms with Gasteiger partial charge in [0.25, 0.3) is 0 Å². The molecule has 0 N–H and O–H groups in total. The van der Waals surface area contributed by atoms with Crippen LogP contribution in [-0.2, 0) is 9.31 Å². The van der Waals surface area contributed by atoms with Gasteiger partial charge in [-0.3, -0.25) is 0 Å². The van der Waals surface area contributed by atoms with Crippen LogP contribution in [0.5, 0.6) is 11.5 Å². The minimum Gasteiger partial charge on any atom is -0.435 e. The number of ether oxygens (including phenoxy) is 2. The molecule has 0 unspecified atom stereocenters. The summed E-state index contributed by atoms with van der Waals surface area (Å²) in [4.78, 5) is 0. The monoisotopic (exact) mass is 492 g/mol. The van der Waals surface area contributed by atoms with Gasteiger partial charge in [-0.1, -0.05) is 30.3 Å².